The van der Waals surface area contributed by atoms with Crippen LogP contribution in [0.4, 0.5) is 0 Å². The van der Waals surface area contributed by atoms with Crippen molar-refractivity contribution in [1.29, 1.82) is 0 Å². The minimum Gasteiger partial charge on any atom is -0.295 e. The molecule has 2 aromatic carbocycles. The third-order valence-electron chi connectivity index (χ3n) is 4.99. The van der Waals surface area contributed by atoms with Crippen LogP contribution in [0.5, 0.6) is 0 Å². The number of hydrogen-bond acceptors (Lipinski definition) is 3. The highest BCUT2D eigenvalue weighted by Crippen LogP contribution is 2.24. The van der Waals surface area contributed by atoms with Crippen molar-refractivity contribution >= 4 is 10.0 Å². The maximum atomic E-state index is 12.6. The Morgan fingerprint density at radius 1 is 0.962 bits per heavy atom. The number of sulfonamides is 1. The van der Waals surface area contributed by atoms with Crippen molar-refractivity contribution in [1.82, 2.24) is 9.62 Å². The first kappa shape index (κ1) is 19.1. The van der Waals surface area contributed by atoms with Gasteiger partial charge < -0.3 is 0 Å². The third kappa shape index (κ3) is 5.40. The van der Waals surface area contributed by atoms with E-state index in [1.807, 2.05) is 49.4 Å². The summed E-state index contributed by atoms with van der Waals surface area (Å²) in [5, 5.41) is 0. The summed E-state index contributed by atoms with van der Waals surface area (Å²) in [7, 11) is -3.37. The zero-order valence-electron chi connectivity index (χ0n) is 15.4. The molecule has 1 heterocycles. The molecule has 0 spiro atoms. The predicted octanol–water partition coefficient (Wildman–Crippen LogP) is 3.64. The summed E-state index contributed by atoms with van der Waals surface area (Å²) in [5.41, 5.74) is 3.12. The predicted molar refractivity (Wildman–Crippen MR) is 106 cm³/mol. The number of rotatable bonds is 7. The number of nitrogens with zero attached hydrogens (tertiary/aromatic N) is 1. The van der Waals surface area contributed by atoms with Crippen molar-refractivity contribution in [3.05, 3.63) is 71.3 Å². The monoisotopic (exact) mass is 372 g/mol. The van der Waals surface area contributed by atoms with Crippen LogP contribution in [0.15, 0.2) is 54.6 Å². The fourth-order valence-electron chi connectivity index (χ4n) is 3.52. The lowest BCUT2D eigenvalue weighted by molar-refractivity contribution is 0.164. The van der Waals surface area contributed by atoms with Gasteiger partial charge >= 0.3 is 0 Å². The molecule has 26 heavy (non-hydrogen) atoms. The van der Waals surface area contributed by atoms with Crippen molar-refractivity contribution in [2.45, 2.75) is 38.0 Å². The zero-order chi connectivity index (χ0) is 18.4. The van der Waals surface area contributed by atoms with Gasteiger partial charge in [-0.25, -0.2) is 13.1 Å². The normalized spacial score (nSPS) is 17.1. The molecule has 4 nitrogen and oxygen atoms in total. The van der Waals surface area contributed by atoms with Crippen molar-refractivity contribution in [2.75, 3.05) is 19.6 Å². The van der Waals surface area contributed by atoms with E-state index < -0.39 is 10.0 Å². The molecule has 1 fully saturated rings. The van der Waals surface area contributed by atoms with Crippen LogP contribution in [0.3, 0.4) is 0 Å². The molecule has 140 valence electrons. The molecule has 0 aliphatic carbocycles. The maximum absolute atomic E-state index is 12.6. The number of benzene rings is 2. The van der Waals surface area contributed by atoms with Crippen LogP contribution in [-0.2, 0) is 15.8 Å². The van der Waals surface area contributed by atoms with Crippen molar-refractivity contribution in [2.24, 2.45) is 0 Å². The van der Waals surface area contributed by atoms with E-state index in [-0.39, 0.29) is 11.8 Å². The average Bonchev–Trinajstić information content (AvgIpc) is 2.65. The molecule has 0 bridgehead atoms. The summed E-state index contributed by atoms with van der Waals surface area (Å²) in [6.45, 7) is 4.47. The SMILES string of the molecule is Cc1ccc(CS(=O)(=O)NCC(c2ccccc2)N2CCCCC2)cc1. The maximum Gasteiger partial charge on any atom is 0.215 e. The van der Waals surface area contributed by atoms with Gasteiger partial charge in [-0.05, 0) is 44.0 Å². The van der Waals surface area contributed by atoms with Crippen molar-refractivity contribution in [3.8, 4) is 0 Å². The van der Waals surface area contributed by atoms with Gasteiger partial charge in [-0.15, -0.1) is 0 Å². The van der Waals surface area contributed by atoms with Crippen LogP contribution < -0.4 is 4.72 Å². The van der Waals surface area contributed by atoms with Gasteiger partial charge in [-0.2, -0.15) is 0 Å². The summed E-state index contributed by atoms with van der Waals surface area (Å²) in [4.78, 5) is 2.41. The average molecular weight is 373 g/mol. The molecule has 0 amide bonds. The van der Waals surface area contributed by atoms with Gasteiger partial charge in [0.1, 0.15) is 0 Å². The molecular formula is C21H28N2O2S. The first-order chi connectivity index (χ1) is 12.5. The second kappa shape index (κ2) is 8.80. The number of aryl methyl sites for hydroxylation is 1. The van der Waals surface area contributed by atoms with Gasteiger partial charge in [0.2, 0.25) is 10.0 Å². The lowest BCUT2D eigenvalue weighted by Crippen LogP contribution is -2.40. The highest BCUT2D eigenvalue weighted by Gasteiger charge is 2.24. The minimum atomic E-state index is -3.37. The summed E-state index contributed by atoms with van der Waals surface area (Å²) >= 11 is 0. The summed E-state index contributed by atoms with van der Waals surface area (Å²) in [6.07, 6.45) is 3.62. The number of nitrogens with one attached hydrogen (secondary N) is 1. The van der Waals surface area contributed by atoms with Gasteiger partial charge in [0, 0.05) is 12.6 Å². The molecule has 1 aliphatic heterocycles. The van der Waals surface area contributed by atoms with Crippen molar-refractivity contribution in [3.63, 3.8) is 0 Å². The van der Waals surface area contributed by atoms with Crippen LogP contribution in [0.2, 0.25) is 0 Å². The Morgan fingerprint density at radius 2 is 1.62 bits per heavy atom. The largest absolute Gasteiger partial charge is 0.295 e. The first-order valence-corrected chi connectivity index (χ1v) is 11.0. The molecule has 0 saturated carbocycles. The molecule has 5 heteroatoms. The van der Waals surface area contributed by atoms with Gasteiger partial charge in [0.25, 0.3) is 0 Å². The molecule has 0 radical (unpaired) electrons. The molecule has 1 unspecified atom stereocenters. The Balaban J connectivity index is 1.69. The van der Waals surface area contributed by atoms with Gasteiger partial charge in [0.15, 0.2) is 0 Å². The highest BCUT2D eigenvalue weighted by molar-refractivity contribution is 7.88. The van der Waals surface area contributed by atoms with Gasteiger partial charge in [-0.3, -0.25) is 4.90 Å². The van der Waals surface area contributed by atoms with E-state index in [0.29, 0.717) is 6.54 Å². The summed E-state index contributed by atoms with van der Waals surface area (Å²) in [6, 6.07) is 18.0. The Hall–Kier alpha value is -1.69. The Morgan fingerprint density at radius 3 is 2.27 bits per heavy atom. The van der Waals surface area contributed by atoms with Crippen LogP contribution in [0.25, 0.3) is 0 Å². The molecule has 1 N–H and O–H groups in total. The topological polar surface area (TPSA) is 49.4 Å². The second-order valence-corrected chi connectivity index (χ2v) is 8.92. The van der Waals surface area contributed by atoms with Crippen LogP contribution in [0.1, 0.15) is 42.0 Å². The molecule has 1 atom stereocenters. The Bertz CT molecular complexity index is 783. The van der Waals surface area contributed by atoms with E-state index in [1.165, 1.54) is 24.8 Å². The van der Waals surface area contributed by atoms with Crippen LogP contribution in [0, 0.1) is 6.92 Å². The van der Waals surface area contributed by atoms with E-state index in [1.54, 1.807) is 0 Å². The lowest BCUT2D eigenvalue weighted by atomic mass is 10.0. The van der Waals surface area contributed by atoms with Crippen LogP contribution in [-0.4, -0.2) is 33.0 Å². The standard InChI is InChI=1S/C21H28N2O2S/c1-18-10-12-19(13-11-18)17-26(24,25)22-16-21(20-8-4-2-5-9-20)23-14-6-3-7-15-23/h2,4-5,8-13,21-22H,3,6-7,14-17H2,1H3. The lowest BCUT2D eigenvalue weighted by Gasteiger charge is -2.35. The van der Waals surface area contributed by atoms with E-state index in [4.69, 9.17) is 0 Å². The minimum absolute atomic E-state index is 0.0226. The molecule has 3 rings (SSSR count). The number of piperidine rings is 1. The number of likely N-dealkylation sites (tertiary alicyclic amines) is 1. The molecule has 2 aromatic rings. The van der Waals surface area contributed by atoms with E-state index in [9.17, 15) is 8.42 Å². The highest BCUT2D eigenvalue weighted by atomic mass is 32.2. The van der Waals surface area contributed by atoms with Gasteiger partial charge in [-0.1, -0.05) is 66.6 Å². The second-order valence-electron chi connectivity index (χ2n) is 7.12. The quantitative estimate of drug-likeness (QED) is 0.807. The fourth-order valence-corrected chi connectivity index (χ4v) is 4.67. The van der Waals surface area contributed by atoms with E-state index in [2.05, 4.69) is 21.8 Å². The third-order valence-corrected chi connectivity index (χ3v) is 6.31. The Kier molecular flexibility index (Phi) is 6.46. The van der Waals surface area contributed by atoms with Crippen LogP contribution >= 0.6 is 0 Å². The van der Waals surface area contributed by atoms with E-state index in [0.717, 1.165) is 24.2 Å². The first-order valence-electron chi connectivity index (χ1n) is 9.35. The molecule has 1 aliphatic rings. The summed E-state index contributed by atoms with van der Waals surface area (Å²) in [5.74, 6) is 0.0226. The molecular weight excluding hydrogens is 344 g/mol. The van der Waals surface area contributed by atoms with Crippen molar-refractivity contribution < 1.29 is 8.42 Å². The van der Waals surface area contributed by atoms with E-state index >= 15 is 0 Å². The smallest absolute Gasteiger partial charge is 0.215 e. The number of hydrogen-bond donors (Lipinski definition) is 1. The zero-order valence-corrected chi connectivity index (χ0v) is 16.2. The fraction of sp³-hybridized carbons (Fsp3) is 0.429. The Labute approximate surface area is 157 Å². The molecule has 1 saturated heterocycles. The summed E-state index contributed by atoms with van der Waals surface area (Å²) < 4.78 is 28.0. The molecule has 0 aromatic heterocycles. The van der Waals surface area contributed by atoms with Gasteiger partial charge in [0.05, 0.1) is 5.75 Å².